The highest BCUT2D eigenvalue weighted by molar-refractivity contribution is 7.93. The first kappa shape index (κ1) is 15.3. The smallest absolute Gasteiger partial charge is 0.269 e. The summed E-state index contributed by atoms with van der Waals surface area (Å²) in [6, 6.07) is 12.5. The van der Waals surface area contributed by atoms with E-state index >= 15 is 0 Å². The van der Waals surface area contributed by atoms with Gasteiger partial charge >= 0.3 is 0 Å². The highest BCUT2D eigenvalue weighted by atomic mass is 35.5. The third kappa shape index (κ3) is 2.12. The number of para-hydroxylation sites is 1. The largest absolute Gasteiger partial charge is 0.282 e. The Kier molecular flexibility index (Phi) is 3.47. The van der Waals surface area contributed by atoms with E-state index in [9.17, 15) is 13.2 Å². The Morgan fingerprint density at radius 1 is 1.00 bits per heavy atom. The number of carbonyl (C=O) groups excluding carboxylic acids is 1. The molecule has 1 amide bonds. The maximum atomic E-state index is 12.8. The Bertz CT molecular complexity index is 861. The van der Waals surface area contributed by atoms with Crippen LogP contribution in [0, 0.1) is 6.92 Å². The number of rotatable bonds is 2. The number of hydrogen-bond donors (Lipinski definition) is 0. The van der Waals surface area contributed by atoms with Crippen molar-refractivity contribution >= 4 is 44.8 Å². The highest BCUT2D eigenvalue weighted by Crippen LogP contribution is 2.49. The van der Waals surface area contributed by atoms with Crippen LogP contribution in [0.25, 0.3) is 0 Å². The van der Waals surface area contributed by atoms with E-state index in [-0.39, 0.29) is 16.1 Å². The van der Waals surface area contributed by atoms with E-state index in [4.69, 9.17) is 23.2 Å². The van der Waals surface area contributed by atoms with Gasteiger partial charge in [-0.3, -0.25) is 4.79 Å². The third-order valence-corrected chi connectivity index (χ3v) is 5.92. The molecule has 0 atom stereocenters. The molecular weight excluding hydrogens is 345 g/mol. The number of benzene rings is 2. The Labute approximate surface area is 138 Å². The molecule has 0 saturated heterocycles. The van der Waals surface area contributed by atoms with Gasteiger partial charge in [0.15, 0.2) is 0 Å². The van der Waals surface area contributed by atoms with Crippen LogP contribution in [0.5, 0.6) is 0 Å². The molecule has 0 unspecified atom stereocenters. The first-order chi connectivity index (χ1) is 10.3. The zero-order valence-corrected chi connectivity index (χ0v) is 13.8. The summed E-state index contributed by atoms with van der Waals surface area (Å²) in [7, 11) is -4.07. The molecule has 0 radical (unpaired) electrons. The van der Waals surface area contributed by atoms with Crippen molar-refractivity contribution in [3.05, 3.63) is 59.7 Å². The first-order valence-corrected chi connectivity index (χ1v) is 8.59. The molecule has 3 rings (SSSR count). The lowest BCUT2D eigenvalue weighted by molar-refractivity contribution is -0.117. The third-order valence-electron chi connectivity index (χ3n) is 3.47. The molecule has 1 aliphatic rings. The van der Waals surface area contributed by atoms with Crippen molar-refractivity contribution in [1.82, 2.24) is 0 Å². The zero-order chi connectivity index (χ0) is 16.1. The molecule has 2 aromatic rings. The summed E-state index contributed by atoms with van der Waals surface area (Å²) in [6.07, 6.45) is 0. The molecule has 1 aliphatic heterocycles. The van der Waals surface area contributed by atoms with Gasteiger partial charge in [-0.2, -0.15) is 4.31 Å². The quantitative estimate of drug-likeness (QED) is 0.776. The minimum atomic E-state index is -4.07. The van der Waals surface area contributed by atoms with Crippen molar-refractivity contribution in [2.75, 3.05) is 4.31 Å². The number of fused-ring (bicyclic) bond motifs is 1. The van der Waals surface area contributed by atoms with Gasteiger partial charge in [-0.1, -0.05) is 59.1 Å². The monoisotopic (exact) mass is 355 g/mol. The summed E-state index contributed by atoms with van der Waals surface area (Å²) < 4.78 is 24.4. The van der Waals surface area contributed by atoms with Crippen LogP contribution in [0.2, 0.25) is 0 Å². The Hall–Kier alpha value is -1.56. The molecule has 114 valence electrons. The molecule has 0 aliphatic carbocycles. The van der Waals surface area contributed by atoms with E-state index < -0.39 is 20.3 Å². The fraction of sp³-hybridized carbons (Fsp3) is 0.133. The first-order valence-electron chi connectivity index (χ1n) is 6.40. The van der Waals surface area contributed by atoms with Gasteiger partial charge in [-0.25, -0.2) is 8.42 Å². The molecule has 0 spiro atoms. The minimum Gasteiger partial charge on any atom is -0.269 e. The Morgan fingerprint density at radius 2 is 1.59 bits per heavy atom. The summed E-state index contributed by atoms with van der Waals surface area (Å²) in [5, 5.41) is 0. The lowest BCUT2D eigenvalue weighted by Gasteiger charge is -2.18. The van der Waals surface area contributed by atoms with Gasteiger partial charge in [0.1, 0.15) is 0 Å². The van der Waals surface area contributed by atoms with E-state index in [1.165, 1.54) is 24.3 Å². The minimum absolute atomic E-state index is 0.00675. The maximum Gasteiger partial charge on any atom is 0.282 e. The van der Waals surface area contributed by atoms with Crippen molar-refractivity contribution in [3.8, 4) is 0 Å². The molecule has 0 saturated carbocycles. The van der Waals surface area contributed by atoms with Gasteiger partial charge in [0.05, 0.1) is 10.6 Å². The van der Waals surface area contributed by atoms with Gasteiger partial charge in [0.2, 0.25) is 4.33 Å². The van der Waals surface area contributed by atoms with Crippen LogP contribution < -0.4 is 4.31 Å². The van der Waals surface area contributed by atoms with Gasteiger partial charge in [-0.15, -0.1) is 0 Å². The maximum absolute atomic E-state index is 12.8. The summed E-state index contributed by atoms with van der Waals surface area (Å²) in [5.74, 6) is -0.891. The highest BCUT2D eigenvalue weighted by Gasteiger charge is 2.53. The van der Waals surface area contributed by atoms with Crippen LogP contribution >= 0.6 is 23.2 Å². The SMILES string of the molecule is Cc1ccc(S(=O)(=O)N2C(=O)C(Cl)(Cl)c3ccccc32)cc1. The number of anilines is 1. The summed E-state index contributed by atoms with van der Waals surface area (Å²) in [4.78, 5) is 12.5. The van der Waals surface area contributed by atoms with Crippen molar-refractivity contribution in [2.45, 2.75) is 16.2 Å². The van der Waals surface area contributed by atoms with E-state index in [1.54, 1.807) is 24.3 Å². The van der Waals surface area contributed by atoms with Crippen molar-refractivity contribution < 1.29 is 13.2 Å². The van der Waals surface area contributed by atoms with Crippen molar-refractivity contribution in [3.63, 3.8) is 0 Å². The zero-order valence-electron chi connectivity index (χ0n) is 11.5. The predicted molar refractivity (Wildman–Crippen MR) is 85.7 cm³/mol. The summed E-state index contributed by atoms with van der Waals surface area (Å²) in [5.41, 5.74) is 1.35. The predicted octanol–water partition coefficient (Wildman–Crippen LogP) is 3.36. The molecule has 0 N–H and O–H groups in total. The van der Waals surface area contributed by atoms with E-state index in [1.807, 2.05) is 6.92 Å². The van der Waals surface area contributed by atoms with Crippen LogP contribution in [0.1, 0.15) is 11.1 Å². The molecule has 2 aromatic carbocycles. The molecule has 0 aromatic heterocycles. The van der Waals surface area contributed by atoms with E-state index in [2.05, 4.69) is 0 Å². The molecule has 0 fully saturated rings. The van der Waals surface area contributed by atoms with E-state index in [0.29, 0.717) is 4.31 Å². The number of carbonyl (C=O) groups is 1. The summed E-state index contributed by atoms with van der Waals surface area (Å²) in [6.45, 7) is 1.84. The molecule has 7 heteroatoms. The summed E-state index contributed by atoms with van der Waals surface area (Å²) >= 11 is 12.1. The number of aryl methyl sites for hydroxylation is 1. The van der Waals surface area contributed by atoms with Crippen LogP contribution in [0.4, 0.5) is 5.69 Å². The fourth-order valence-electron chi connectivity index (χ4n) is 2.32. The lowest BCUT2D eigenvalue weighted by atomic mass is 10.1. The van der Waals surface area contributed by atoms with Gasteiger partial charge in [0, 0.05) is 5.56 Å². The van der Waals surface area contributed by atoms with Crippen molar-refractivity contribution in [1.29, 1.82) is 0 Å². The number of amides is 1. The Morgan fingerprint density at radius 3 is 2.23 bits per heavy atom. The molecule has 22 heavy (non-hydrogen) atoms. The lowest BCUT2D eigenvalue weighted by Crippen LogP contribution is -2.38. The van der Waals surface area contributed by atoms with Crippen LogP contribution in [-0.2, 0) is 19.2 Å². The van der Waals surface area contributed by atoms with E-state index in [0.717, 1.165) is 5.56 Å². The second-order valence-electron chi connectivity index (χ2n) is 4.98. The second-order valence-corrected chi connectivity index (χ2v) is 8.09. The van der Waals surface area contributed by atoms with Crippen LogP contribution in [0.3, 0.4) is 0 Å². The number of halogens is 2. The number of sulfonamides is 1. The van der Waals surface area contributed by atoms with Gasteiger partial charge in [0.25, 0.3) is 15.9 Å². The Balaban J connectivity index is 2.20. The average Bonchev–Trinajstić information content (AvgIpc) is 2.68. The number of nitrogens with zero attached hydrogens (tertiary/aromatic N) is 1. The number of alkyl halides is 2. The topological polar surface area (TPSA) is 54.5 Å². The fourth-order valence-corrected chi connectivity index (χ4v) is 4.38. The normalized spacial score (nSPS) is 16.7. The van der Waals surface area contributed by atoms with Crippen molar-refractivity contribution in [2.24, 2.45) is 0 Å². The van der Waals surface area contributed by atoms with Gasteiger partial charge < -0.3 is 0 Å². The molecular formula is C15H11Cl2NO3S. The van der Waals surface area contributed by atoms with Crippen LogP contribution in [0.15, 0.2) is 53.4 Å². The van der Waals surface area contributed by atoms with Crippen LogP contribution in [-0.4, -0.2) is 14.3 Å². The molecule has 1 heterocycles. The molecule has 4 nitrogen and oxygen atoms in total. The standard InChI is InChI=1S/C15H11Cl2NO3S/c1-10-6-8-11(9-7-10)22(20,21)18-13-5-3-2-4-12(13)15(16,17)14(18)19/h2-9H,1H3. The number of hydrogen-bond acceptors (Lipinski definition) is 3. The second kappa shape index (κ2) is 4.98. The van der Waals surface area contributed by atoms with Gasteiger partial charge in [-0.05, 0) is 25.1 Å². The average molecular weight is 356 g/mol. The molecule has 0 bridgehead atoms.